The van der Waals surface area contributed by atoms with E-state index in [0.717, 1.165) is 35.5 Å². The number of aryl methyl sites for hydroxylation is 1. The molecule has 0 spiro atoms. The molecule has 0 aliphatic carbocycles. The van der Waals surface area contributed by atoms with Crippen LogP contribution in [0.15, 0.2) is 71.1 Å². The Morgan fingerprint density at radius 2 is 1.65 bits per heavy atom. The Bertz CT molecular complexity index is 1170. The summed E-state index contributed by atoms with van der Waals surface area (Å²) < 4.78 is 11.6. The Balaban J connectivity index is 1.55. The van der Waals surface area contributed by atoms with Crippen molar-refractivity contribution in [1.29, 1.82) is 0 Å². The number of amides is 2. The number of carbonyl (C=O) groups is 2. The molecule has 0 N–H and O–H groups in total. The van der Waals surface area contributed by atoms with Crippen LogP contribution in [0.3, 0.4) is 0 Å². The van der Waals surface area contributed by atoms with Crippen LogP contribution in [0.1, 0.15) is 66.6 Å². The fraction of sp³-hybridized carbons (Fsp3) is 0.419. The van der Waals surface area contributed by atoms with E-state index in [1.807, 2.05) is 73.7 Å². The number of rotatable bonds is 9. The van der Waals surface area contributed by atoms with Crippen molar-refractivity contribution < 1.29 is 18.7 Å². The third-order valence-corrected chi connectivity index (χ3v) is 6.77. The molecule has 1 aliphatic rings. The van der Waals surface area contributed by atoms with Crippen LogP contribution in [0, 0.1) is 6.92 Å². The maximum atomic E-state index is 13.7. The molecule has 1 fully saturated rings. The van der Waals surface area contributed by atoms with Crippen LogP contribution in [0.25, 0.3) is 0 Å². The van der Waals surface area contributed by atoms with Crippen molar-refractivity contribution >= 4 is 11.8 Å². The average Bonchev–Trinajstić information content (AvgIpc) is 3.54. The maximum Gasteiger partial charge on any atom is 0.254 e. The Hall–Kier alpha value is -3.38. The number of ether oxygens (including phenoxy) is 1. The molecule has 2 aromatic carbocycles. The fourth-order valence-electron chi connectivity index (χ4n) is 4.61. The summed E-state index contributed by atoms with van der Waals surface area (Å²) in [6.07, 6.45) is 1.81. The molecule has 2 heterocycles. The molecule has 1 unspecified atom stereocenters. The van der Waals surface area contributed by atoms with Crippen LogP contribution in [0.5, 0.6) is 0 Å². The molecule has 1 atom stereocenters. The summed E-state index contributed by atoms with van der Waals surface area (Å²) in [5.41, 5.74) is 2.76. The second-order valence-corrected chi connectivity index (χ2v) is 10.9. The first-order valence-electron chi connectivity index (χ1n) is 13.1. The van der Waals surface area contributed by atoms with E-state index in [4.69, 9.17) is 9.15 Å². The number of hydrogen-bond acceptors (Lipinski definition) is 4. The third kappa shape index (κ3) is 7.32. The first kappa shape index (κ1) is 26.7. The highest BCUT2D eigenvalue weighted by Gasteiger charge is 2.28. The van der Waals surface area contributed by atoms with Crippen LogP contribution < -0.4 is 0 Å². The number of furan rings is 1. The van der Waals surface area contributed by atoms with E-state index in [1.165, 1.54) is 0 Å². The van der Waals surface area contributed by atoms with Gasteiger partial charge in [-0.15, -0.1) is 0 Å². The van der Waals surface area contributed by atoms with Crippen molar-refractivity contribution in [2.75, 3.05) is 19.7 Å². The zero-order chi connectivity index (χ0) is 26.4. The van der Waals surface area contributed by atoms with Gasteiger partial charge in [-0.05, 0) is 60.6 Å². The lowest BCUT2D eigenvalue weighted by molar-refractivity contribution is -0.133. The SMILES string of the molecule is Cc1ccc(CN(Cc2ccccc2)C(=O)CN(CC2CCCO2)C(=O)c2ccc(C(C)(C)C)cc2)o1. The summed E-state index contributed by atoms with van der Waals surface area (Å²) in [7, 11) is 0. The lowest BCUT2D eigenvalue weighted by Gasteiger charge is -2.29. The molecular weight excluding hydrogens is 464 g/mol. The van der Waals surface area contributed by atoms with Crippen molar-refractivity contribution in [1.82, 2.24) is 9.80 Å². The molecule has 1 aromatic heterocycles. The third-order valence-electron chi connectivity index (χ3n) is 6.77. The Kier molecular flexibility index (Phi) is 8.49. The lowest BCUT2D eigenvalue weighted by atomic mass is 9.86. The van der Waals surface area contributed by atoms with Gasteiger partial charge in [-0.1, -0.05) is 63.2 Å². The Morgan fingerprint density at radius 1 is 0.919 bits per heavy atom. The fourth-order valence-corrected chi connectivity index (χ4v) is 4.61. The number of benzene rings is 2. The van der Waals surface area contributed by atoms with Crippen LogP contribution in [0.2, 0.25) is 0 Å². The molecule has 196 valence electrons. The van der Waals surface area contributed by atoms with Gasteiger partial charge in [0.25, 0.3) is 5.91 Å². The van der Waals surface area contributed by atoms with E-state index in [9.17, 15) is 9.59 Å². The minimum atomic E-state index is -0.155. The van der Waals surface area contributed by atoms with Crippen LogP contribution in [-0.4, -0.2) is 47.4 Å². The molecular formula is C31H38N2O4. The second kappa shape index (κ2) is 11.8. The van der Waals surface area contributed by atoms with Gasteiger partial charge in [0.15, 0.2) is 0 Å². The van der Waals surface area contributed by atoms with Crippen molar-refractivity contribution in [3.8, 4) is 0 Å². The van der Waals surface area contributed by atoms with Crippen molar-refractivity contribution in [3.63, 3.8) is 0 Å². The first-order chi connectivity index (χ1) is 17.7. The summed E-state index contributed by atoms with van der Waals surface area (Å²) in [6.45, 7) is 10.2. The van der Waals surface area contributed by atoms with E-state index in [0.29, 0.717) is 31.8 Å². The standard InChI is InChI=1S/C31H38N2O4/c1-23-12-17-28(37-23)21-32(19-24-9-6-5-7-10-24)29(34)22-33(20-27-11-8-18-36-27)30(35)25-13-15-26(16-14-25)31(2,3)4/h5-7,9-10,12-17,27H,8,11,18-22H2,1-4H3. The second-order valence-electron chi connectivity index (χ2n) is 10.9. The molecule has 6 nitrogen and oxygen atoms in total. The monoisotopic (exact) mass is 502 g/mol. The number of nitrogens with zero attached hydrogens (tertiary/aromatic N) is 2. The molecule has 2 amide bonds. The summed E-state index contributed by atoms with van der Waals surface area (Å²) in [6, 6.07) is 21.4. The van der Waals surface area contributed by atoms with Crippen molar-refractivity contribution in [2.45, 2.75) is 65.1 Å². The molecule has 4 rings (SSSR count). The van der Waals surface area contributed by atoms with E-state index >= 15 is 0 Å². The van der Waals surface area contributed by atoms with Gasteiger partial charge >= 0.3 is 0 Å². The molecule has 37 heavy (non-hydrogen) atoms. The molecule has 0 saturated carbocycles. The van der Waals surface area contributed by atoms with E-state index in [2.05, 4.69) is 20.8 Å². The zero-order valence-electron chi connectivity index (χ0n) is 22.4. The highest BCUT2D eigenvalue weighted by molar-refractivity contribution is 5.96. The summed E-state index contributed by atoms with van der Waals surface area (Å²) >= 11 is 0. The molecule has 3 aromatic rings. The molecule has 1 saturated heterocycles. The lowest BCUT2D eigenvalue weighted by Crippen LogP contribution is -2.45. The first-order valence-corrected chi connectivity index (χ1v) is 13.1. The Labute approximate surface area is 220 Å². The minimum absolute atomic E-state index is 0.00291. The molecule has 1 aliphatic heterocycles. The van der Waals surface area contributed by atoms with E-state index < -0.39 is 0 Å². The van der Waals surface area contributed by atoms with Gasteiger partial charge in [-0.25, -0.2) is 0 Å². The van der Waals surface area contributed by atoms with Gasteiger partial charge in [0.1, 0.15) is 18.1 Å². The van der Waals surface area contributed by atoms with Crippen LogP contribution in [-0.2, 0) is 28.0 Å². The molecule has 0 bridgehead atoms. The van der Waals surface area contributed by atoms with Gasteiger partial charge < -0.3 is 19.0 Å². The maximum absolute atomic E-state index is 13.7. The smallest absolute Gasteiger partial charge is 0.254 e. The largest absolute Gasteiger partial charge is 0.464 e. The highest BCUT2D eigenvalue weighted by atomic mass is 16.5. The zero-order valence-corrected chi connectivity index (χ0v) is 22.4. The van der Waals surface area contributed by atoms with Gasteiger partial charge in [-0.2, -0.15) is 0 Å². The van der Waals surface area contributed by atoms with Crippen molar-refractivity contribution in [3.05, 3.63) is 94.9 Å². The predicted octanol–water partition coefficient (Wildman–Crippen LogP) is 5.74. The number of hydrogen-bond donors (Lipinski definition) is 0. The summed E-state index contributed by atoms with van der Waals surface area (Å²) in [5, 5.41) is 0. The average molecular weight is 503 g/mol. The summed E-state index contributed by atoms with van der Waals surface area (Å²) in [4.78, 5) is 30.8. The van der Waals surface area contributed by atoms with E-state index in [1.54, 1.807) is 9.80 Å². The van der Waals surface area contributed by atoms with Gasteiger partial charge in [-0.3, -0.25) is 9.59 Å². The van der Waals surface area contributed by atoms with Crippen LogP contribution >= 0.6 is 0 Å². The number of carbonyl (C=O) groups excluding carboxylic acids is 2. The quantitative estimate of drug-likeness (QED) is 0.375. The normalized spacial score (nSPS) is 15.5. The molecule has 0 radical (unpaired) electrons. The van der Waals surface area contributed by atoms with E-state index in [-0.39, 0.29) is 29.9 Å². The topological polar surface area (TPSA) is 63.0 Å². The minimum Gasteiger partial charge on any atom is -0.464 e. The van der Waals surface area contributed by atoms with Gasteiger partial charge in [0, 0.05) is 25.3 Å². The van der Waals surface area contributed by atoms with Crippen LogP contribution in [0.4, 0.5) is 0 Å². The highest BCUT2D eigenvalue weighted by Crippen LogP contribution is 2.23. The van der Waals surface area contributed by atoms with Gasteiger partial charge in [0.05, 0.1) is 12.6 Å². The van der Waals surface area contributed by atoms with Gasteiger partial charge in [0.2, 0.25) is 5.91 Å². The Morgan fingerprint density at radius 3 is 2.24 bits per heavy atom. The predicted molar refractivity (Wildman–Crippen MR) is 144 cm³/mol. The van der Waals surface area contributed by atoms with Crippen molar-refractivity contribution in [2.24, 2.45) is 0 Å². The molecule has 6 heteroatoms. The summed E-state index contributed by atoms with van der Waals surface area (Å²) in [5.74, 6) is 1.24.